The molecule has 3 heterocycles. The number of carbonyl (C=O) groups excluding carboxylic acids is 1. The predicted molar refractivity (Wildman–Crippen MR) is 136 cm³/mol. The molecular weight excluding hydrogens is 557 g/mol. The minimum atomic E-state index is -4.89. The van der Waals surface area contributed by atoms with Gasteiger partial charge in [0, 0.05) is 31.6 Å². The fourth-order valence-electron chi connectivity index (χ4n) is 5.66. The van der Waals surface area contributed by atoms with Gasteiger partial charge in [-0.15, -0.1) is 0 Å². The molecule has 4 unspecified atom stereocenters. The van der Waals surface area contributed by atoms with E-state index < -0.39 is 23.5 Å². The highest BCUT2D eigenvalue weighted by molar-refractivity contribution is 5.79. The molecule has 0 aliphatic carbocycles. The van der Waals surface area contributed by atoms with Crippen LogP contribution in [0.2, 0.25) is 0 Å². The molecule has 226 valence electrons. The van der Waals surface area contributed by atoms with Crippen LogP contribution < -0.4 is 0 Å². The maximum Gasteiger partial charge on any atom is 0.416 e. The van der Waals surface area contributed by atoms with Gasteiger partial charge in [0.15, 0.2) is 0 Å². The van der Waals surface area contributed by atoms with E-state index in [1.807, 2.05) is 11.8 Å². The third-order valence-electron chi connectivity index (χ3n) is 7.88. The number of benzene rings is 2. The molecule has 1 amide bonds. The Labute approximate surface area is 234 Å². The average molecular weight is 591 g/mol. The van der Waals surface area contributed by atoms with Gasteiger partial charge in [0.25, 0.3) is 0 Å². The molecule has 5 rings (SSSR count). The van der Waals surface area contributed by atoms with Crippen molar-refractivity contribution in [3.05, 3.63) is 71.0 Å². The van der Waals surface area contributed by atoms with Crippen LogP contribution in [0.25, 0.3) is 0 Å². The van der Waals surface area contributed by atoms with Gasteiger partial charge in [0.2, 0.25) is 5.91 Å². The van der Waals surface area contributed by atoms with Gasteiger partial charge in [-0.1, -0.05) is 25.1 Å². The number of piperidine rings is 1. The summed E-state index contributed by atoms with van der Waals surface area (Å²) < 4.78 is 102. The molecule has 2 aromatic rings. The molecule has 0 spiro atoms. The zero-order valence-electron chi connectivity index (χ0n) is 22.6. The van der Waals surface area contributed by atoms with Crippen molar-refractivity contribution in [1.82, 2.24) is 9.80 Å². The summed E-state index contributed by atoms with van der Waals surface area (Å²) in [6.07, 6.45) is -8.74. The maximum atomic E-state index is 13.1. The average Bonchev–Trinajstić information content (AvgIpc) is 3.26. The third kappa shape index (κ3) is 8.20. The molecule has 3 aliphatic rings. The summed E-state index contributed by atoms with van der Waals surface area (Å²) >= 11 is 0. The molecule has 3 aliphatic heterocycles. The number of nitrogens with zero attached hydrogens (tertiary/aromatic N) is 2. The zero-order valence-corrected chi connectivity index (χ0v) is 22.6. The summed E-state index contributed by atoms with van der Waals surface area (Å²) in [6, 6.07) is 9.56. The van der Waals surface area contributed by atoms with Gasteiger partial charge < -0.3 is 14.4 Å². The monoisotopic (exact) mass is 590 g/mol. The number of rotatable bonds is 4. The molecule has 5 nitrogen and oxygen atoms in total. The van der Waals surface area contributed by atoms with Gasteiger partial charge in [0.05, 0.1) is 37.1 Å². The van der Waals surface area contributed by atoms with Crippen LogP contribution in [0.4, 0.5) is 30.7 Å². The van der Waals surface area contributed by atoms with E-state index in [1.165, 1.54) is 12.1 Å². The van der Waals surface area contributed by atoms with E-state index in [2.05, 4.69) is 4.90 Å². The number of fused-ring (bicyclic) bond motifs is 1. The van der Waals surface area contributed by atoms with Crippen LogP contribution in [0.15, 0.2) is 48.5 Å². The third-order valence-corrected chi connectivity index (χ3v) is 7.88. The van der Waals surface area contributed by atoms with Crippen molar-refractivity contribution in [1.29, 1.82) is 0 Å². The van der Waals surface area contributed by atoms with Gasteiger partial charge in [0.1, 0.15) is 5.82 Å². The molecule has 3 saturated heterocycles. The second kappa shape index (κ2) is 13.1. The lowest BCUT2D eigenvalue weighted by Crippen LogP contribution is -2.48. The molecule has 0 radical (unpaired) electrons. The molecule has 0 aromatic heterocycles. The van der Waals surface area contributed by atoms with Crippen LogP contribution >= 0.6 is 0 Å². The van der Waals surface area contributed by atoms with Gasteiger partial charge >= 0.3 is 12.4 Å². The van der Waals surface area contributed by atoms with Crippen molar-refractivity contribution < 1.29 is 45.0 Å². The van der Waals surface area contributed by atoms with Gasteiger partial charge in [-0.05, 0) is 61.2 Å². The first-order valence-electron chi connectivity index (χ1n) is 13.5. The van der Waals surface area contributed by atoms with E-state index >= 15 is 0 Å². The Morgan fingerprint density at radius 1 is 0.951 bits per heavy atom. The number of hydrogen-bond acceptors (Lipinski definition) is 4. The van der Waals surface area contributed by atoms with E-state index in [-0.39, 0.29) is 53.9 Å². The first-order chi connectivity index (χ1) is 19.3. The topological polar surface area (TPSA) is 42.0 Å². The molecule has 0 bridgehead atoms. The molecule has 3 fully saturated rings. The Balaban J connectivity index is 0.000000483. The summed E-state index contributed by atoms with van der Waals surface area (Å²) in [6.45, 7) is 5.09. The molecule has 12 heteroatoms. The van der Waals surface area contributed by atoms with Crippen molar-refractivity contribution >= 4 is 5.91 Å². The van der Waals surface area contributed by atoms with Crippen molar-refractivity contribution in [2.75, 3.05) is 39.4 Å². The summed E-state index contributed by atoms with van der Waals surface area (Å²) in [5.41, 5.74) is -2.86. The summed E-state index contributed by atoms with van der Waals surface area (Å²) in [7, 11) is 0. The van der Waals surface area contributed by atoms with E-state index in [0.717, 1.165) is 0 Å². The van der Waals surface area contributed by atoms with Crippen molar-refractivity contribution in [3.8, 4) is 0 Å². The quantitative estimate of drug-likeness (QED) is 0.409. The standard InChI is InChI=1S/C23H28F6N2O3.C6H5F/c1-14-19-10-16(21(32)30-4-6-33-7-5-30)2-3-31(19)12-20(14)34-13-15-8-17(22(24,25)26)11-18(9-15)23(27,28)29;7-6-4-2-1-3-5-6/h8-9,11,14,16,19-20H,2-7,10,12-13H2,1H3;1-5H. The number of carbonyl (C=O) groups is 1. The van der Waals surface area contributed by atoms with Crippen LogP contribution in [-0.4, -0.2) is 67.2 Å². The van der Waals surface area contributed by atoms with Gasteiger partial charge in [-0.3, -0.25) is 9.69 Å². The second-order valence-electron chi connectivity index (χ2n) is 10.6. The number of alkyl halides is 6. The lowest BCUT2D eigenvalue weighted by molar-refractivity contribution is -0.143. The first kappa shape index (κ1) is 31.2. The number of ether oxygens (including phenoxy) is 2. The summed E-state index contributed by atoms with van der Waals surface area (Å²) in [4.78, 5) is 17.0. The highest BCUT2D eigenvalue weighted by atomic mass is 19.4. The SMILES string of the molecule is CC1C(OCc2cc(C(F)(F)F)cc(C(F)(F)F)c2)CN2CCC(C(=O)N3CCOCC3)CC12.Fc1ccccc1. The molecule has 4 atom stereocenters. The Morgan fingerprint density at radius 3 is 2.10 bits per heavy atom. The van der Waals surface area contributed by atoms with Crippen LogP contribution in [0, 0.1) is 17.7 Å². The number of hydrogen-bond donors (Lipinski definition) is 0. The Bertz CT molecular complexity index is 1120. The van der Waals surface area contributed by atoms with Crippen LogP contribution in [0.3, 0.4) is 0 Å². The highest BCUT2D eigenvalue weighted by Gasteiger charge is 2.45. The minimum absolute atomic E-state index is 0.00632. The molecule has 0 N–H and O–H groups in total. The van der Waals surface area contributed by atoms with Gasteiger partial charge in [-0.2, -0.15) is 26.3 Å². The fourth-order valence-corrected chi connectivity index (χ4v) is 5.66. The maximum absolute atomic E-state index is 13.1. The fraction of sp³-hybridized carbons (Fsp3) is 0.552. The Kier molecular flexibility index (Phi) is 9.97. The van der Waals surface area contributed by atoms with Crippen molar-refractivity contribution in [3.63, 3.8) is 0 Å². The molecule has 0 saturated carbocycles. The van der Waals surface area contributed by atoms with Crippen LogP contribution in [0.1, 0.15) is 36.5 Å². The van der Waals surface area contributed by atoms with Crippen molar-refractivity contribution in [2.24, 2.45) is 11.8 Å². The van der Waals surface area contributed by atoms with Crippen molar-refractivity contribution in [2.45, 2.75) is 50.9 Å². The summed E-state index contributed by atoms with van der Waals surface area (Å²) in [5.74, 6) is -0.155. The largest absolute Gasteiger partial charge is 0.416 e. The van der Waals surface area contributed by atoms with E-state index in [4.69, 9.17) is 9.47 Å². The van der Waals surface area contributed by atoms with E-state index in [1.54, 1.807) is 18.2 Å². The number of amides is 1. The number of morpholine rings is 1. The molecule has 41 heavy (non-hydrogen) atoms. The minimum Gasteiger partial charge on any atom is -0.378 e. The van der Waals surface area contributed by atoms with E-state index in [9.17, 15) is 35.5 Å². The lowest BCUT2D eigenvalue weighted by atomic mass is 9.85. The smallest absolute Gasteiger partial charge is 0.378 e. The lowest BCUT2D eigenvalue weighted by Gasteiger charge is -2.38. The zero-order chi connectivity index (χ0) is 29.8. The number of halogens is 7. The Morgan fingerprint density at radius 2 is 1.56 bits per heavy atom. The summed E-state index contributed by atoms with van der Waals surface area (Å²) in [5, 5.41) is 0. The van der Waals surface area contributed by atoms with Crippen LogP contribution in [-0.2, 0) is 33.2 Å². The van der Waals surface area contributed by atoms with Gasteiger partial charge in [-0.25, -0.2) is 4.39 Å². The van der Waals surface area contributed by atoms with Crippen LogP contribution in [0.5, 0.6) is 0 Å². The highest BCUT2D eigenvalue weighted by Crippen LogP contribution is 2.39. The van der Waals surface area contributed by atoms with E-state index in [0.29, 0.717) is 64.4 Å². The second-order valence-corrected chi connectivity index (χ2v) is 10.6. The predicted octanol–water partition coefficient (Wildman–Crippen LogP) is 6.02. The molecule has 2 aromatic carbocycles. The normalized spacial score (nSPS) is 25.3. The first-order valence-corrected chi connectivity index (χ1v) is 13.5. The molecular formula is C29H33F7N2O3. The Hall–Kier alpha value is -2.70.